The molecule has 0 saturated heterocycles. The predicted octanol–water partition coefficient (Wildman–Crippen LogP) is 3.71. The molecule has 2 aromatic carbocycles. The fourth-order valence-electron chi connectivity index (χ4n) is 3.15. The Labute approximate surface area is 206 Å². The van der Waals surface area contributed by atoms with Crippen LogP contribution in [0.5, 0.6) is 11.5 Å². The van der Waals surface area contributed by atoms with Crippen LogP contribution in [-0.4, -0.2) is 46.5 Å². The molecule has 0 aliphatic carbocycles. The number of nitrogens with one attached hydrogen (secondary N) is 3. The number of hydrogen-bond donors (Lipinski definition) is 3. The average Bonchev–Trinajstić information content (AvgIpc) is 2.87. The van der Waals surface area contributed by atoms with Gasteiger partial charge in [-0.05, 0) is 12.5 Å². The Morgan fingerprint density at radius 1 is 1.03 bits per heavy atom. The first-order chi connectivity index (χ1) is 16.9. The molecule has 0 bridgehead atoms. The van der Waals surface area contributed by atoms with E-state index in [1.54, 1.807) is 49.4 Å². The van der Waals surface area contributed by atoms with Crippen LogP contribution in [0.25, 0.3) is 11.3 Å². The Balaban J connectivity index is 1.78. The molecule has 1 heterocycles. The van der Waals surface area contributed by atoms with Crippen molar-refractivity contribution in [1.82, 2.24) is 15.2 Å². The Bertz CT molecular complexity index is 1240. The maximum atomic E-state index is 12.9. The number of rotatable bonds is 10. The molecular weight excluding hydrogens is 470 g/mol. The van der Waals surface area contributed by atoms with Gasteiger partial charge in [-0.1, -0.05) is 43.8 Å². The minimum Gasteiger partial charge on any atom is -0.497 e. The van der Waals surface area contributed by atoms with Crippen molar-refractivity contribution in [2.75, 3.05) is 24.9 Å². The molecule has 0 spiro atoms. The Hall–Kier alpha value is -3.86. The molecule has 0 unspecified atom stereocenters. The third kappa shape index (κ3) is 6.60. The van der Waals surface area contributed by atoms with E-state index in [2.05, 4.69) is 25.8 Å². The van der Waals surface area contributed by atoms with Gasteiger partial charge in [0.1, 0.15) is 11.5 Å². The summed E-state index contributed by atoms with van der Waals surface area (Å²) in [7, 11) is 3.06. The zero-order valence-corrected chi connectivity index (χ0v) is 20.7. The number of benzene rings is 2. The lowest BCUT2D eigenvalue weighted by Gasteiger charge is -2.15. The second-order valence-electron chi connectivity index (χ2n) is 7.36. The second-order valence-corrected chi connectivity index (χ2v) is 8.55. The SMILES string of the molecule is CCC(=O)Nc1ccccc1-c1nnc(S[C@@H](CC)C(=O)Nc2cc(OC)cc(OC)c2)[nH]c1=O. The van der Waals surface area contributed by atoms with E-state index in [0.717, 1.165) is 11.8 Å². The van der Waals surface area contributed by atoms with Crippen LogP contribution in [0.2, 0.25) is 0 Å². The molecular formula is C24H27N5O5S. The molecule has 3 N–H and O–H groups in total. The first-order valence-electron chi connectivity index (χ1n) is 10.9. The quantitative estimate of drug-likeness (QED) is 0.361. The van der Waals surface area contributed by atoms with E-state index in [1.807, 2.05) is 6.92 Å². The molecule has 2 amide bonds. The number of aromatic nitrogens is 3. The maximum absolute atomic E-state index is 12.9. The van der Waals surface area contributed by atoms with E-state index in [4.69, 9.17) is 9.47 Å². The standard InChI is InChI=1S/C24H27N5O5S/c1-5-19(22(31)25-14-11-15(33-3)13-16(12-14)34-4)35-24-27-23(32)21(28-29-24)17-9-7-8-10-18(17)26-20(30)6-2/h7-13,19H,5-6H2,1-4H3,(H,25,31)(H,26,30)(H,27,29,32)/t19-/m0/s1. The Morgan fingerprint density at radius 2 is 1.71 bits per heavy atom. The predicted molar refractivity (Wildman–Crippen MR) is 135 cm³/mol. The summed E-state index contributed by atoms with van der Waals surface area (Å²) in [5, 5.41) is 13.5. The zero-order chi connectivity index (χ0) is 25.4. The molecule has 0 radical (unpaired) electrons. The van der Waals surface area contributed by atoms with E-state index in [-0.39, 0.29) is 22.7 Å². The zero-order valence-electron chi connectivity index (χ0n) is 19.9. The van der Waals surface area contributed by atoms with Gasteiger partial charge in [-0.15, -0.1) is 10.2 Å². The highest BCUT2D eigenvalue weighted by Gasteiger charge is 2.21. The average molecular weight is 498 g/mol. The highest BCUT2D eigenvalue weighted by Crippen LogP contribution is 2.28. The van der Waals surface area contributed by atoms with Gasteiger partial charge in [0.2, 0.25) is 11.8 Å². The van der Waals surface area contributed by atoms with Gasteiger partial charge < -0.3 is 20.1 Å². The smallest absolute Gasteiger partial charge is 0.278 e. The lowest BCUT2D eigenvalue weighted by Crippen LogP contribution is -2.25. The van der Waals surface area contributed by atoms with Crippen LogP contribution < -0.4 is 25.7 Å². The van der Waals surface area contributed by atoms with Crippen molar-refractivity contribution < 1.29 is 19.1 Å². The van der Waals surface area contributed by atoms with Crippen molar-refractivity contribution >= 4 is 35.0 Å². The highest BCUT2D eigenvalue weighted by molar-refractivity contribution is 8.00. The van der Waals surface area contributed by atoms with Crippen LogP contribution in [-0.2, 0) is 9.59 Å². The summed E-state index contributed by atoms with van der Waals surface area (Å²) in [5.74, 6) is 0.634. The van der Waals surface area contributed by atoms with Crippen LogP contribution in [0.3, 0.4) is 0 Å². The van der Waals surface area contributed by atoms with Crippen molar-refractivity contribution in [1.29, 1.82) is 0 Å². The number of aromatic amines is 1. The van der Waals surface area contributed by atoms with Gasteiger partial charge in [-0.2, -0.15) is 0 Å². The molecule has 3 rings (SSSR count). The van der Waals surface area contributed by atoms with Crippen LogP contribution >= 0.6 is 11.8 Å². The van der Waals surface area contributed by atoms with Gasteiger partial charge >= 0.3 is 0 Å². The summed E-state index contributed by atoms with van der Waals surface area (Å²) >= 11 is 1.10. The van der Waals surface area contributed by atoms with E-state index >= 15 is 0 Å². The second kappa shape index (κ2) is 12.0. The van der Waals surface area contributed by atoms with Crippen molar-refractivity contribution in [3.8, 4) is 22.8 Å². The van der Waals surface area contributed by atoms with E-state index in [1.165, 1.54) is 14.2 Å². The lowest BCUT2D eigenvalue weighted by atomic mass is 10.1. The summed E-state index contributed by atoms with van der Waals surface area (Å²) < 4.78 is 10.5. The number of para-hydroxylation sites is 1. The van der Waals surface area contributed by atoms with Crippen molar-refractivity contribution in [3.63, 3.8) is 0 Å². The van der Waals surface area contributed by atoms with Crippen LogP contribution in [0.4, 0.5) is 11.4 Å². The Morgan fingerprint density at radius 3 is 2.31 bits per heavy atom. The first-order valence-corrected chi connectivity index (χ1v) is 11.8. The maximum Gasteiger partial charge on any atom is 0.278 e. The topological polar surface area (TPSA) is 135 Å². The van der Waals surface area contributed by atoms with Gasteiger partial charge in [0.05, 0.1) is 25.2 Å². The number of hydrogen-bond acceptors (Lipinski definition) is 8. The van der Waals surface area contributed by atoms with Gasteiger partial charge in [0.15, 0.2) is 10.9 Å². The van der Waals surface area contributed by atoms with Crippen LogP contribution in [0.15, 0.2) is 52.4 Å². The summed E-state index contributed by atoms with van der Waals surface area (Å²) in [6, 6.07) is 11.9. The largest absolute Gasteiger partial charge is 0.497 e. The fourth-order valence-corrected chi connectivity index (χ4v) is 3.99. The number of carbonyl (C=O) groups is 2. The summed E-state index contributed by atoms with van der Waals surface area (Å²) in [5.41, 5.74) is 1.04. The number of carbonyl (C=O) groups excluding carboxylic acids is 2. The molecule has 0 saturated carbocycles. The number of thioether (sulfide) groups is 1. The normalized spacial score (nSPS) is 11.4. The number of nitrogens with zero attached hydrogens (tertiary/aromatic N) is 2. The van der Waals surface area contributed by atoms with Gasteiger partial charge in [0, 0.05) is 35.9 Å². The van der Waals surface area contributed by atoms with Crippen LogP contribution in [0, 0.1) is 0 Å². The molecule has 0 aliphatic rings. The van der Waals surface area contributed by atoms with Crippen molar-refractivity contribution in [2.45, 2.75) is 37.1 Å². The van der Waals surface area contributed by atoms with Gasteiger partial charge in [-0.3, -0.25) is 19.4 Å². The first kappa shape index (κ1) is 25.8. The fraction of sp³-hybridized carbons (Fsp3) is 0.292. The van der Waals surface area contributed by atoms with Crippen molar-refractivity contribution in [3.05, 3.63) is 52.8 Å². The van der Waals surface area contributed by atoms with Gasteiger partial charge in [0.25, 0.3) is 5.56 Å². The lowest BCUT2D eigenvalue weighted by molar-refractivity contribution is -0.116. The molecule has 0 fully saturated rings. The third-order valence-electron chi connectivity index (χ3n) is 4.99. The van der Waals surface area contributed by atoms with E-state index in [0.29, 0.717) is 41.3 Å². The molecule has 35 heavy (non-hydrogen) atoms. The van der Waals surface area contributed by atoms with E-state index < -0.39 is 10.8 Å². The molecule has 11 heteroatoms. The van der Waals surface area contributed by atoms with Gasteiger partial charge in [-0.25, -0.2) is 0 Å². The number of anilines is 2. The van der Waals surface area contributed by atoms with E-state index in [9.17, 15) is 14.4 Å². The Kier molecular flexibility index (Phi) is 8.85. The summed E-state index contributed by atoms with van der Waals surface area (Å²) in [6.45, 7) is 3.59. The number of H-pyrrole nitrogens is 1. The van der Waals surface area contributed by atoms with Crippen LogP contribution in [0.1, 0.15) is 26.7 Å². The monoisotopic (exact) mass is 497 g/mol. The number of ether oxygens (including phenoxy) is 2. The minimum absolute atomic E-state index is 0.0716. The molecule has 0 aliphatic heterocycles. The molecule has 10 nitrogen and oxygen atoms in total. The minimum atomic E-state index is -0.542. The third-order valence-corrected chi connectivity index (χ3v) is 6.23. The number of methoxy groups -OCH3 is 2. The summed E-state index contributed by atoms with van der Waals surface area (Å²) in [6.07, 6.45) is 0.782. The molecule has 1 atom stereocenters. The van der Waals surface area contributed by atoms with Crippen molar-refractivity contribution in [2.24, 2.45) is 0 Å². The molecule has 1 aromatic heterocycles. The highest BCUT2D eigenvalue weighted by atomic mass is 32.2. The summed E-state index contributed by atoms with van der Waals surface area (Å²) in [4.78, 5) is 40.2. The number of amides is 2. The molecule has 3 aromatic rings. The molecule has 184 valence electrons.